The number of allylic oxidation sites excluding steroid dienone is 2. The zero-order chi connectivity index (χ0) is 22.4. The maximum atomic E-state index is 13.2. The van der Waals surface area contributed by atoms with Crippen LogP contribution in [0.5, 0.6) is 0 Å². The summed E-state index contributed by atoms with van der Waals surface area (Å²) < 4.78 is 0. The predicted octanol–water partition coefficient (Wildman–Crippen LogP) is 4.94. The van der Waals surface area contributed by atoms with Gasteiger partial charge in [0.15, 0.2) is 5.17 Å². The SMILES string of the molecule is C=CN(C(=O)C(C)SC1=N/C(=C/C=C\N)NN1c1ccccc1)c1ccc(C)cc1Cl. The molecule has 6 nitrogen and oxygen atoms in total. The van der Waals surface area contributed by atoms with E-state index in [1.165, 1.54) is 29.1 Å². The van der Waals surface area contributed by atoms with Crippen molar-refractivity contribution in [1.29, 1.82) is 0 Å². The van der Waals surface area contributed by atoms with E-state index in [9.17, 15) is 4.79 Å². The highest BCUT2D eigenvalue weighted by atomic mass is 35.5. The number of carbonyl (C=O) groups is 1. The minimum Gasteiger partial charge on any atom is -0.405 e. The molecule has 0 bridgehead atoms. The van der Waals surface area contributed by atoms with Gasteiger partial charge in [0.2, 0.25) is 5.91 Å². The number of aryl methyl sites for hydroxylation is 1. The Morgan fingerprint density at radius 2 is 2.06 bits per heavy atom. The third-order valence-electron chi connectivity index (χ3n) is 4.43. The number of amidine groups is 1. The lowest BCUT2D eigenvalue weighted by molar-refractivity contribution is -0.117. The molecule has 3 rings (SSSR count). The molecule has 1 unspecified atom stereocenters. The quantitative estimate of drug-likeness (QED) is 0.647. The summed E-state index contributed by atoms with van der Waals surface area (Å²) in [5.74, 6) is 0.468. The zero-order valence-electron chi connectivity index (χ0n) is 17.3. The Hall–Kier alpha value is -3.16. The van der Waals surface area contributed by atoms with E-state index in [1.54, 1.807) is 12.2 Å². The summed E-state index contributed by atoms with van der Waals surface area (Å²) in [6.07, 6.45) is 6.37. The summed E-state index contributed by atoms with van der Waals surface area (Å²) in [4.78, 5) is 19.3. The van der Waals surface area contributed by atoms with Gasteiger partial charge in [-0.15, -0.1) is 0 Å². The van der Waals surface area contributed by atoms with Gasteiger partial charge in [0, 0.05) is 6.20 Å². The van der Waals surface area contributed by atoms with Crippen molar-refractivity contribution in [2.75, 3.05) is 9.91 Å². The van der Waals surface area contributed by atoms with Crippen LogP contribution in [0.2, 0.25) is 5.02 Å². The molecule has 0 radical (unpaired) electrons. The monoisotopic (exact) mass is 453 g/mol. The maximum Gasteiger partial charge on any atom is 0.244 e. The van der Waals surface area contributed by atoms with Crippen LogP contribution in [-0.2, 0) is 4.79 Å². The average Bonchev–Trinajstić information content (AvgIpc) is 3.17. The number of anilines is 2. The molecule has 8 heteroatoms. The number of nitrogens with zero attached hydrogens (tertiary/aromatic N) is 3. The van der Waals surface area contributed by atoms with Crippen LogP contribution in [0.1, 0.15) is 12.5 Å². The van der Waals surface area contributed by atoms with E-state index in [0.29, 0.717) is 21.7 Å². The molecule has 3 N–H and O–H groups in total. The summed E-state index contributed by atoms with van der Waals surface area (Å²) in [6.45, 7) is 7.58. The highest BCUT2D eigenvalue weighted by molar-refractivity contribution is 8.15. The first-order valence-electron chi connectivity index (χ1n) is 9.62. The molecule has 1 heterocycles. The number of hydrogen-bond donors (Lipinski definition) is 2. The number of para-hydroxylation sites is 1. The molecule has 0 saturated carbocycles. The Balaban J connectivity index is 1.85. The third kappa shape index (κ3) is 5.31. The molecular weight excluding hydrogens is 430 g/mol. The number of thioether (sulfide) groups is 1. The van der Waals surface area contributed by atoms with Crippen LogP contribution in [-0.4, -0.2) is 16.3 Å². The second kappa shape index (κ2) is 10.2. The molecule has 1 amide bonds. The summed E-state index contributed by atoms with van der Waals surface area (Å²) in [5.41, 5.74) is 11.2. The summed E-state index contributed by atoms with van der Waals surface area (Å²) in [7, 11) is 0. The fourth-order valence-corrected chi connectivity index (χ4v) is 4.18. The number of hydrogen-bond acceptors (Lipinski definition) is 6. The molecule has 0 fully saturated rings. The molecule has 1 atom stereocenters. The van der Waals surface area contributed by atoms with Crippen molar-refractivity contribution in [3.63, 3.8) is 0 Å². The number of nitrogens with one attached hydrogen (secondary N) is 1. The normalized spacial score (nSPS) is 15.6. The van der Waals surface area contributed by atoms with Crippen LogP contribution in [0.4, 0.5) is 11.4 Å². The molecule has 0 aromatic heterocycles. The topological polar surface area (TPSA) is 74.0 Å². The first-order valence-corrected chi connectivity index (χ1v) is 10.9. The predicted molar refractivity (Wildman–Crippen MR) is 132 cm³/mol. The standard InChI is InChI=1S/C23H24ClN5OS/c1-4-28(20-13-12-16(2)15-19(20)24)22(30)17(3)31-23-26-21(11-8-14-25)27-29(23)18-9-6-5-7-10-18/h4-15,17,27H,1,25H2,2-3H3/b14-8-,21-11-. The van der Waals surface area contributed by atoms with Crippen molar-refractivity contribution in [3.05, 3.63) is 96.1 Å². The Morgan fingerprint density at radius 1 is 1.32 bits per heavy atom. The van der Waals surface area contributed by atoms with E-state index in [1.807, 2.05) is 67.4 Å². The second-order valence-corrected chi connectivity index (χ2v) is 8.43. The van der Waals surface area contributed by atoms with Crippen molar-refractivity contribution in [2.45, 2.75) is 19.1 Å². The molecule has 0 spiro atoms. The summed E-state index contributed by atoms with van der Waals surface area (Å²) >= 11 is 7.72. The van der Waals surface area contributed by atoms with E-state index in [4.69, 9.17) is 17.3 Å². The highest BCUT2D eigenvalue weighted by Crippen LogP contribution is 2.31. The smallest absolute Gasteiger partial charge is 0.244 e. The molecule has 0 saturated heterocycles. The molecule has 0 aliphatic carbocycles. The number of hydrazine groups is 1. The second-order valence-electron chi connectivity index (χ2n) is 6.72. The lowest BCUT2D eigenvalue weighted by Crippen LogP contribution is -2.38. The molecule has 1 aliphatic rings. The van der Waals surface area contributed by atoms with Crippen molar-refractivity contribution < 1.29 is 4.79 Å². The van der Waals surface area contributed by atoms with Gasteiger partial charge in [-0.1, -0.05) is 54.2 Å². The van der Waals surface area contributed by atoms with Gasteiger partial charge in [-0.3, -0.25) is 15.1 Å². The average molecular weight is 454 g/mol. The minimum atomic E-state index is -0.452. The van der Waals surface area contributed by atoms with Crippen molar-refractivity contribution in [2.24, 2.45) is 10.7 Å². The van der Waals surface area contributed by atoms with Crippen LogP contribution in [0.15, 0.2) is 90.5 Å². The Bertz CT molecular complexity index is 1050. The molecular formula is C23H24ClN5OS. The van der Waals surface area contributed by atoms with Gasteiger partial charge in [-0.05, 0) is 62.0 Å². The van der Waals surface area contributed by atoms with Gasteiger partial charge in [-0.25, -0.2) is 10.0 Å². The van der Waals surface area contributed by atoms with Gasteiger partial charge < -0.3 is 5.73 Å². The third-order valence-corrected chi connectivity index (χ3v) is 5.77. The van der Waals surface area contributed by atoms with Crippen LogP contribution >= 0.6 is 23.4 Å². The number of carbonyl (C=O) groups excluding carboxylic acids is 1. The number of aliphatic imine (C=N–C) groups is 1. The number of amides is 1. The number of halogens is 1. The van der Waals surface area contributed by atoms with E-state index in [-0.39, 0.29) is 5.91 Å². The van der Waals surface area contributed by atoms with E-state index in [0.717, 1.165) is 11.3 Å². The van der Waals surface area contributed by atoms with E-state index >= 15 is 0 Å². The largest absolute Gasteiger partial charge is 0.405 e. The molecule has 1 aliphatic heterocycles. The van der Waals surface area contributed by atoms with E-state index in [2.05, 4.69) is 17.0 Å². The maximum absolute atomic E-state index is 13.2. The Kier molecular flexibility index (Phi) is 7.44. The molecule has 2 aromatic carbocycles. The number of benzene rings is 2. The lowest BCUT2D eigenvalue weighted by atomic mass is 10.2. The fourth-order valence-electron chi connectivity index (χ4n) is 2.91. The van der Waals surface area contributed by atoms with Gasteiger partial charge in [0.1, 0.15) is 5.82 Å². The lowest BCUT2D eigenvalue weighted by Gasteiger charge is -2.25. The van der Waals surface area contributed by atoms with Gasteiger partial charge in [0.25, 0.3) is 0 Å². The Morgan fingerprint density at radius 3 is 2.71 bits per heavy atom. The van der Waals surface area contributed by atoms with Gasteiger partial charge in [0.05, 0.1) is 21.6 Å². The van der Waals surface area contributed by atoms with E-state index < -0.39 is 5.25 Å². The highest BCUT2D eigenvalue weighted by Gasteiger charge is 2.29. The fraction of sp³-hybridized carbons (Fsp3) is 0.130. The zero-order valence-corrected chi connectivity index (χ0v) is 18.9. The molecule has 160 valence electrons. The summed E-state index contributed by atoms with van der Waals surface area (Å²) in [6, 6.07) is 15.3. The van der Waals surface area contributed by atoms with Crippen LogP contribution < -0.4 is 21.1 Å². The number of rotatable bonds is 6. The van der Waals surface area contributed by atoms with Crippen molar-refractivity contribution in [1.82, 2.24) is 5.43 Å². The van der Waals surface area contributed by atoms with Gasteiger partial charge in [-0.2, -0.15) is 0 Å². The molecule has 31 heavy (non-hydrogen) atoms. The van der Waals surface area contributed by atoms with Crippen LogP contribution in [0, 0.1) is 6.92 Å². The van der Waals surface area contributed by atoms with Crippen molar-refractivity contribution >= 4 is 45.8 Å². The Labute approximate surface area is 191 Å². The minimum absolute atomic E-state index is 0.152. The van der Waals surface area contributed by atoms with Crippen molar-refractivity contribution in [3.8, 4) is 0 Å². The van der Waals surface area contributed by atoms with Gasteiger partial charge >= 0.3 is 0 Å². The molecule has 2 aromatic rings. The van der Waals surface area contributed by atoms with Crippen LogP contribution in [0.3, 0.4) is 0 Å². The first kappa shape index (κ1) is 22.5. The first-order chi connectivity index (χ1) is 14.9. The van der Waals surface area contributed by atoms with Crippen LogP contribution in [0.25, 0.3) is 0 Å². The summed E-state index contributed by atoms with van der Waals surface area (Å²) in [5, 5.41) is 2.52. The number of nitrogens with two attached hydrogens (primary N) is 1.